The molecule has 0 fully saturated rings. The fraction of sp³-hybridized carbons (Fsp3) is 0.0435. The quantitative estimate of drug-likeness (QED) is 0.262. The molecule has 0 unspecified atom stereocenters. The van der Waals surface area contributed by atoms with Crippen LogP contribution in [0, 0.1) is 11.3 Å². The van der Waals surface area contributed by atoms with Gasteiger partial charge in [0.25, 0.3) is 5.91 Å². The summed E-state index contributed by atoms with van der Waals surface area (Å²) >= 11 is 21.8. The second-order valence-electron chi connectivity index (χ2n) is 6.36. The molecule has 1 N–H and O–H groups in total. The van der Waals surface area contributed by atoms with Gasteiger partial charge >= 0.3 is 0 Å². The number of anilines is 1. The van der Waals surface area contributed by atoms with Crippen molar-refractivity contribution in [1.29, 1.82) is 5.26 Å². The summed E-state index contributed by atoms with van der Waals surface area (Å²) in [5.41, 5.74) is 1.65. The average Bonchev–Trinajstić information content (AvgIpc) is 2.72. The van der Waals surface area contributed by atoms with Gasteiger partial charge in [-0.15, -0.1) is 0 Å². The lowest BCUT2D eigenvalue weighted by atomic mass is 10.1. The lowest BCUT2D eigenvalue weighted by molar-refractivity contribution is -0.112. The topological polar surface area (TPSA) is 62.1 Å². The fourth-order valence-corrected chi connectivity index (χ4v) is 3.66. The van der Waals surface area contributed by atoms with Crippen LogP contribution in [-0.4, -0.2) is 5.91 Å². The van der Waals surface area contributed by atoms with Crippen molar-refractivity contribution in [3.05, 3.63) is 96.9 Å². The zero-order valence-corrected chi connectivity index (χ0v) is 19.7. The summed E-state index contributed by atoms with van der Waals surface area (Å²) < 4.78 is 6.85. The Morgan fingerprint density at radius 1 is 1.06 bits per heavy atom. The highest BCUT2D eigenvalue weighted by molar-refractivity contribution is 9.10. The van der Waals surface area contributed by atoms with Gasteiger partial charge < -0.3 is 10.1 Å². The number of rotatable bonds is 6. The summed E-state index contributed by atoms with van der Waals surface area (Å²) in [4.78, 5) is 12.6. The highest BCUT2D eigenvalue weighted by Crippen LogP contribution is 2.34. The van der Waals surface area contributed by atoms with Crippen molar-refractivity contribution in [3.63, 3.8) is 0 Å². The highest BCUT2D eigenvalue weighted by atomic mass is 79.9. The van der Waals surface area contributed by atoms with Crippen molar-refractivity contribution in [2.75, 3.05) is 5.32 Å². The van der Waals surface area contributed by atoms with Gasteiger partial charge in [-0.25, -0.2) is 0 Å². The number of hydrogen-bond acceptors (Lipinski definition) is 3. The number of nitrogens with one attached hydrogen (secondary N) is 1. The number of halogens is 4. The number of ether oxygens (including phenoxy) is 1. The van der Waals surface area contributed by atoms with E-state index in [-0.39, 0.29) is 17.2 Å². The van der Waals surface area contributed by atoms with Crippen molar-refractivity contribution in [1.82, 2.24) is 0 Å². The van der Waals surface area contributed by atoms with E-state index in [4.69, 9.17) is 39.5 Å². The summed E-state index contributed by atoms with van der Waals surface area (Å²) in [6.45, 7) is 0.242. The number of nitriles is 1. The minimum atomic E-state index is -0.597. The summed E-state index contributed by atoms with van der Waals surface area (Å²) in [5, 5.41) is 13.3. The largest absolute Gasteiger partial charge is 0.487 e. The third kappa shape index (κ3) is 6.49. The monoisotopic (exact) mass is 534 g/mol. The van der Waals surface area contributed by atoms with Gasteiger partial charge in [0, 0.05) is 25.8 Å². The third-order valence-electron chi connectivity index (χ3n) is 4.08. The third-order valence-corrected chi connectivity index (χ3v) is 5.34. The number of amides is 1. The molecule has 3 aromatic rings. The molecule has 0 aliphatic heterocycles. The van der Waals surface area contributed by atoms with Crippen molar-refractivity contribution >= 4 is 68.4 Å². The summed E-state index contributed by atoms with van der Waals surface area (Å²) in [5.74, 6) is -0.281. The highest BCUT2D eigenvalue weighted by Gasteiger charge is 2.15. The van der Waals surface area contributed by atoms with Crippen LogP contribution in [0.25, 0.3) is 6.08 Å². The van der Waals surface area contributed by atoms with Crippen LogP contribution in [0.4, 0.5) is 5.69 Å². The van der Waals surface area contributed by atoms with E-state index < -0.39 is 5.91 Å². The predicted octanol–water partition coefficient (Wildman–Crippen LogP) is 7.53. The standard InChI is InChI=1S/C23H14BrCl3N2O2/c24-17-6-4-14(5-7-17)13-31-22-15(9-19(26)11-21(22)27)8-16(12-28)23(30)29-20-3-1-2-18(25)10-20/h1-11H,13H2,(H,29,30)/b16-8+. The van der Waals surface area contributed by atoms with Gasteiger partial charge in [0.05, 0.1) is 5.02 Å². The van der Waals surface area contributed by atoms with Gasteiger partial charge in [-0.3, -0.25) is 4.79 Å². The van der Waals surface area contributed by atoms with Crippen LogP contribution >= 0.6 is 50.7 Å². The number of nitrogens with zero attached hydrogens (tertiary/aromatic N) is 1. The SMILES string of the molecule is N#C/C(=C\c1cc(Cl)cc(Cl)c1OCc1ccc(Br)cc1)C(=O)Nc1cccc(Cl)c1. The molecule has 0 aliphatic rings. The number of benzene rings is 3. The van der Waals surface area contributed by atoms with Crippen LogP contribution in [0.3, 0.4) is 0 Å². The first kappa shape index (κ1) is 23.2. The van der Waals surface area contributed by atoms with Crippen molar-refractivity contribution in [3.8, 4) is 11.8 Å². The summed E-state index contributed by atoms with van der Waals surface area (Å²) in [6.07, 6.45) is 1.38. The van der Waals surface area contributed by atoms with Crippen molar-refractivity contribution in [2.24, 2.45) is 0 Å². The van der Waals surface area contributed by atoms with Gasteiger partial charge in [-0.2, -0.15) is 5.26 Å². The fourth-order valence-electron chi connectivity index (χ4n) is 2.64. The van der Waals surface area contributed by atoms with E-state index in [0.717, 1.165) is 10.0 Å². The van der Waals surface area contributed by atoms with Crippen LogP contribution in [0.2, 0.25) is 15.1 Å². The molecule has 3 aromatic carbocycles. The van der Waals surface area contributed by atoms with E-state index in [9.17, 15) is 10.1 Å². The minimum Gasteiger partial charge on any atom is -0.487 e. The van der Waals surface area contributed by atoms with Gasteiger partial charge in [-0.1, -0.05) is 68.9 Å². The Kier molecular flexibility index (Phi) is 8.00. The van der Waals surface area contributed by atoms with Crippen LogP contribution in [-0.2, 0) is 11.4 Å². The maximum Gasteiger partial charge on any atom is 0.266 e. The maximum absolute atomic E-state index is 12.6. The van der Waals surface area contributed by atoms with E-state index in [1.165, 1.54) is 12.1 Å². The Hall–Kier alpha value is -2.49. The van der Waals surface area contributed by atoms with E-state index in [1.807, 2.05) is 30.3 Å². The molecule has 1 amide bonds. The molecular formula is C23H14BrCl3N2O2. The molecule has 0 saturated heterocycles. The van der Waals surface area contributed by atoms with E-state index >= 15 is 0 Å². The Morgan fingerprint density at radius 3 is 2.48 bits per heavy atom. The number of carbonyl (C=O) groups is 1. The zero-order valence-electron chi connectivity index (χ0n) is 15.8. The molecule has 0 atom stereocenters. The predicted molar refractivity (Wildman–Crippen MR) is 129 cm³/mol. The lowest BCUT2D eigenvalue weighted by Crippen LogP contribution is -2.13. The molecule has 3 rings (SSSR count). The van der Waals surface area contributed by atoms with E-state index in [2.05, 4.69) is 21.2 Å². The molecule has 0 saturated carbocycles. The lowest BCUT2D eigenvalue weighted by Gasteiger charge is -2.13. The molecule has 31 heavy (non-hydrogen) atoms. The van der Waals surface area contributed by atoms with Crippen LogP contribution in [0.15, 0.2) is 70.7 Å². The number of carbonyl (C=O) groups excluding carboxylic acids is 1. The molecule has 0 bridgehead atoms. The normalized spacial score (nSPS) is 11.0. The van der Waals surface area contributed by atoms with Gasteiger partial charge in [0.1, 0.15) is 24.0 Å². The van der Waals surface area contributed by atoms with Crippen LogP contribution < -0.4 is 10.1 Å². The Labute approximate surface area is 203 Å². The molecule has 156 valence electrons. The second kappa shape index (κ2) is 10.7. The molecule has 0 heterocycles. The number of hydrogen-bond donors (Lipinski definition) is 1. The minimum absolute atomic E-state index is 0.146. The summed E-state index contributed by atoms with van der Waals surface area (Å²) in [7, 11) is 0. The first-order valence-electron chi connectivity index (χ1n) is 8.90. The maximum atomic E-state index is 12.6. The van der Waals surface area contributed by atoms with Crippen LogP contribution in [0.1, 0.15) is 11.1 Å². The molecule has 0 aromatic heterocycles. The first-order chi connectivity index (χ1) is 14.9. The second-order valence-corrected chi connectivity index (χ2v) is 8.55. The Morgan fingerprint density at radius 2 is 1.81 bits per heavy atom. The van der Waals surface area contributed by atoms with Gasteiger partial charge in [0.15, 0.2) is 0 Å². The molecular weight excluding hydrogens is 523 g/mol. The molecule has 0 radical (unpaired) electrons. The van der Waals surface area contributed by atoms with Crippen molar-refractivity contribution in [2.45, 2.75) is 6.61 Å². The average molecular weight is 537 g/mol. The van der Waals surface area contributed by atoms with E-state index in [0.29, 0.717) is 27.0 Å². The Bertz CT molecular complexity index is 1190. The molecule has 0 spiro atoms. The Balaban J connectivity index is 1.88. The van der Waals surface area contributed by atoms with Crippen LogP contribution in [0.5, 0.6) is 5.75 Å². The van der Waals surface area contributed by atoms with Gasteiger partial charge in [-0.05, 0) is 54.1 Å². The first-order valence-corrected chi connectivity index (χ1v) is 10.8. The zero-order chi connectivity index (χ0) is 22.4. The smallest absolute Gasteiger partial charge is 0.266 e. The molecule has 8 heteroatoms. The van der Waals surface area contributed by atoms with E-state index in [1.54, 1.807) is 30.3 Å². The molecule has 0 aliphatic carbocycles. The molecule has 4 nitrogen and oxygen atoms in total. The summed E-state index contributed by atoms with van der Waals surface area (Å²) in [6, 6.07) is 19.2. The van der Waals surface area contributed by atoms with Gasteiger partial charge in [0.2, 0.25) is 0 Å². The van der Waals surface area contributed by atoms with Crippen molar-refractivity contribution < 1.29 is 9.53 Å².